The number of rotatable bonds is 7. The molecule has 0 unspecified atom stereocenters. The lowest BCUT2D eigenvalue weighted by Crippen LogP contribution is -2.46. The first-order valence-corrected chi connectivity index (χ1v) is 11.7. The van der Waals surface area contributed by atoms with Gasteiger partial charge in [0.05, 0.1) is 5.56 Å². The Labute approximate surface area is 176 Å². The van der Waals surface area contributed by atoms with Crippen LogP contribution in [0.1, 0.15) is 28.8 Å². The van der Waals surface area contributed by atoms with Crippen molar-refractivity contribution >= 4 is 15.9 Å². The highest BCUT2D eigenvalue weighted by Crippen LogP contribution is 2.30. The van der Waals surface area contributed by atoms with Crippen LogP contribution in [0.15, 0.2) is 53.4 Å². The number of carbonyl (C=O) groups excluding carboxylic acids is 1. The maximum Gasteiger partial charge on any atom is 0.269 e. The summed E-state index contributed by atoms with van der Waals surface area (Å²) in [7, 11) is -3.71. The minimum atomic E-state index is -3.71. The zero-order valence-electron chi connectivity index (χ0n) is 16.8. The minimum Gasteiger partial charge on any atom is -0.301 e. The van der Waals surface area contributed by atoms with E-state index in [1.54, 1.807) is 24.3 Å². The molecule has 2 aliphatic heterocycles. The number of halogens is 1. The molecular weight excluding hydrogens is 405 g/mol. The summed E-state index contributed by atoms with van der Waals surface area (Å²) in [6, 6.07) is 13.3. The number of hydrogen-bond acceptors (Lipinski definition) is 5. The SMILES string of the molecule is O=C1c2ccccc2S(=O)(=O)N1CCCCN1CCN(Cc2ccccc2F)CC1. The molecule has 0 aromatic heterocycles. The molecule has 4 rings (SSSR count). The van der Waals surface area contributed by atoms with Crippen molar-refractivity contribution in [2.75, 3.05) is 39.3 Å². The van der Waals surface area contributed by atoms with Gasteiger partial charge in [-0.25, -0.2) is 17.1 Å². The van der Waals surface area contributed by atoms with Crippen molar-refractivity contribution < 1.29 is 17.6 Å². The van der Waals surface area contributed by atoms with E-state index in [0.29, 0.717) is 13.0 Å². The molecule has 0 bridgehead atoms. The first-order valence-electron chi connectivity index (χ1n) is 10.3. The van der Waals surface area contributed by atoms with E-state index in [1.165, 1.54) is 12.1 Å². The Morgan fingerprint density at radius 2 is 1.47 bits per heavy atom. The van der Waals surface area contributed by atoms with Crippen LogP contribution in [0.25, 0.3) is 0 Å². The van der Waals surface area contributed by atoms with Gasteiger partial charge in [-0.05, 0) is 37.6 Å². The molecular formula is C22H26FN3O3S. The number of piperazine rings is 1. The fraction of sp³-hybridized carbons (Fsp3) is 0.409. The summed E-state index contributed by atoms with van der Waals surface area (Å²) in [6.07, 6.45) is 1.46. The second-order valence-corrected chi connectivity index (χ2v) is 9.63. The van der Waals surface area contributed by atoms with Crippen LogP contribution in [-0.4, -0.2) is 67.7 Å². The average Bonchev–Trinajstić information content (AvgIpc) is 2.94. The van der Waals surface area contributed by atoms with Gasteiger partial charge in [0, 0.05) is 44.8 Å². The number of nitrogens with zero attached hydrogens (tertiary/aromatic N) is 3. The smallest absolute Gasteiger partial charge is 0.269 e. The van der Waals surface area contributed by atoms with Gasteiger partial charge in [-0.15, -0.1) is 0 Å². The van der Waals surface area contributed by atoms with Gasteiger partial charge in [-0.1, -0.05) is 30.3 Å². The van der Waals surface area contributed by atoms with Crippen LogP contribution in [0.5, 0.6) is 0 Å². The molecule has 30 heavy (non-hydrogen) atoms. The van der Waals surface area contributed by atoms with E-state index in [4.69, 9.17) is 0 Å². The van der Waals surface area contributed by atoms with Crippen molar-refractivity contribution in [2.45, 2.75) is 24.3 Å². The fourth-order valence-electron chi connectivity index (χ4n) is 4.08. The Bertz CT molecular complexity index is 1020. The van der Waals surface area contributed by atoms with Gasteiger partial charge in [-0.3, -0.25) is 9.69 Å². The molecule has 0 saturated carbocycles. The summed E-state index contributed by atoms with van der Waals surface area (Å²) < 4.78 is 39.9. The summed E-state index contributed by atoms with van der Waals surface area (Å²) >= 11 is 0. The number of unbranched alkanes of at least 4 members (excludes halogenated alkanes) is 1. The summed E-state index contributed by atoms with van der Waals surface area (Å²) in [5.41, 5.74) is 0.993. The van der Waals surface area contributed by atoms with Crippen molar-refractivity contribution in [3.05, 3.63) is 65.5 Å². The number of benzene rings is 2. The van der Waals surface area contributed by atoms with Gasteiger partial charge in [0.15, 0.2) is 0 Å². The lowest BCUT2D eigenvalue weighted by Gasteiger charge is -2.34. The molecule has 2 aliphatic rings. The van der Waals surface area contributed by atoms with E-state index < -0.39 is 15.9 Å². The van der Waals surface area contributed by atoms with Crippen LogP contribution < -0.4 is 0 Å². The van der Waals surface area contributed by atoms with Crippen LogP contribution in [0.3, 0.4) is 0 Å². The standard InChI is InChI=1S/C22H26FN3O3S/c23-20-9-3-1-7-18(20)17-25-15-13-24(14-16-25)11-5-6-12-26-22(27)19-8-2-4-10-21(19)30(26,28)29/h1-4,7-10H,5-6,11-17H2. The van der Waals surface area contributed by atoms with Gasteiger partial charge < -0.3 is 4.90 Å². The van der Waals surface area contributed by atoms with E-state index in [9.17, 15) is 17.6 Å². The molecule has 1 saturated heterocycles. The van der Waals surface area contributed by atoms with Gasteiger partial charge in [0.2, 0.25) is 0 Å². The molecule has 0 spiro atoms. The zero-order chi connectivity index (χ0) is 21.1. The van der Waals surface area contributed by atoms with Crippen LogP contribution in [0.4, 0.5) is 4.39 Å². The Morgan fingerprint density at radius 3 is 2.20 bits per heavy atom. The normalized spacial score (nSPS) is 19.2. The summed E-state index contributed by atoms with van der Waals surface area (Å²) in [5, 5.41) is 0. The van der Waals surface area contributed by atoms with E-state index in [1.807, 2.05) is 12.1 Å². The lowest BCUT2D eigenvalue weighted by atomic mass is 10.2. The molecule has 0 atom stereocenters. The van der Waals surface area contributed by atoms with Crippen LogP contribution in [0, 0.1) is 5.82 Å². The molecule has 1 fully saturated rings. The molecule has 8 heteroatoms. The first kappa shape index (κ1) is 21.0. The van der Waals surface area contributed by atoms with Gasteiger partial charge in [0.25, 0.3) is 15.9 Å². The van der Waals surface area contributed by atoms with Crippen molar-refractivity contribution in [3.63, 3.8) is 0 Å². The first-order chi connectivity index (χ1) is 14.5. The maximum absolute atomic E-state index is 13.8. The van der Waals surface area contributed by atoms with Crippen molar-refractivity contribution in [1.29, 1.82) is 0 Å². The van der Waals surface area contributed by atoms with Crippen molar-refractivity contribution in [3.8, 4) is 0 Å². The van der Waals surface area contributed by atoms with Crippen molar-refractivity contribution in [1.82, 2.24) is 14.1 Å². The van der Waals surface area contributed by atoms with Crippen molar-refractivity contribution in [2.24, 2.45) is 0 Å². The predicted molar refractivity (Wildman–Crippen MR) is 112 cm³/mol. The molecule has 1 amide bonds. The Balaban J connectivity index is 1.20. The second-order valence-electron chi connectivity index (χ2n) is 7.79. The highest BCUT2D eigenvalue weighted by molar-refractivity contribution is 7.90. The van der Waals surface area contributed by atoms with Crippen LogP contribution in [0.2, 0.25) is 0 Å². The summed E-state index contributed by atoms with van der Waals surface area (Å²) in [6.45, 7) is 5.26. The lowest BCUT2D eigenvalue weighted by molar-refractivity contribution is 0.0866. The molecule has 0 N–H and O–H groups in total. The number of hydrogen-bond donors (Lipinski definition) is 0. The molecule has 160 valence electrons. The number of carbonyl (C=O) groups is 1. The molecule has 6 nitrogen and oxygen atoms in total. The van der Waals surface area contributed by atoms with E-state index in [2.05, 4.69) is 9.80 Å². The predicted octanol–water partition coefficient (Wildman–Crippen LogP) is 2.57. The second kappa shape index (κ2) is 8.83. The minimum absolute atomic E-state index is 0.112. The molecule has 0 radical (unpaired) electrons. The Kier molecular flexibility index (Phi) is 6.17. The zero-order valence-corrected chi connectivity index (χ0v) is 17.7. The van der Waals surface area contributed by atoms with Gasteiger partial charge >= 0.3 is 0 Å². The average molecular weight is 432 g/mol. The Morgan fingerprint density at radius 1 is 0.833 bits per heavy atom. The molecule has 2 aromatic rings. The number of amides is 1. The summed E-state index contributed by atoms with van der Waals surface area (Å²) in [5.74, 6) is -0.583. The van der Waals surface area contributed by atoms with Gasteiger partial charge in [-0.2, -0.15) is 0 Å². The third-order valence-corrected chi connectivity index (χ3v) is 7.65. The summed E-state index contributed by atoms with van der Waals surface area (Å²) in [4.78, 5) is 17.1. The quantitative estimate of drug-likeness (QED) is 0.631. The Hall–Kier alpha value is -2.29. The largest absolute Gasteiger partial charge is 0.301 e. The highest BCUT2D eigenvalue weighted by Gasteiger charge is 2.40. The van der Waals surface area contributed by atoms with E-state index in [-0.39, 0.29) is 22.8 Å². The highest BCUT2D eigenvalue weighted by atomic mass is 32.2. The third kappa shape index (κ3) is 4.26. The van der Waals surface area contributed by atoms with Gasteiger partial charge in [0.1, 0.15) is 10.7 Å². The van der Waals surface area contributed by atoms with Crippen LogP contribution in [-0.2, 0) is 16.6 Å². The topological polar surface area (TPSA) is 60.9 Å². The molecule has 2 heterocycles. The van der Waals surface area contributed by atoms with E-state index in [0.717, 1.165) is 49.0 Å². The number of sulfonamides is 1. The number of fused-ring (bicyclic) bond motifs is 1. The fourth-order valence-corrected chi connectivity index (χ4v) is 5.69. The third-order valence-electron chi connectivity index (χ3n) is 5.81. The maximum atomic E-state index is 13.8. The monoisotopic (exact) mass is 431 g/mol. The van der Waals surface area contributed by atoms with E-state index >= 15 is 0 Å². The molecule has 2 aromatic carbocycles. The van der Waals surface area contributed by atoms with Crippen LogP contribution >= 0.6 is 0 Å². The molecule has 0 aliphatic carbocycles.